The van der Waals surface area contributed by atoms with Crippen molar-refractivity contribution in [2.75, 3.05) is 26.2 Å². The molecule has 1 saturated heterocycles. The molecule has 1 amide bonds. The molecule has 24 heavy (non-hydrogen) atoms. The molecule has 1 aromatic heterocycles. The minimum Gasteiger partial charge on any atom is -0.395 e. The minimum atomic E-state index is -4.71. The highest BCUT2D eigenvalue weighted by Gasteiger charge is 2.39. The summed E-state index contributed by atoms with van der Waals surface area (Å²) in [5.41, 5.74) is -1.59. The summed E-state index contributed by atoms with van der Waals surface area (Å²) in [5.74, 6) is -0.706. The fraction of sp³-hybridized carbons (Fsp3) is 0.714. The van der Waals surface area contributed by atoms with Crippen LogP contribution < -0.4 is 5.32 Å². The lowest BCUT2D eigenvalue weighted by Gasteiger charge is -2.34. The van der Waals surface area contributed by atoms with Gasteiger partial charge in [0.1, 0.15) is 10.7 Å². The van der Waals surface area contributed by atoms with Crippen molar-refractivity contribution in [2.45, 2.75) is 31.5 Å². The van der Waals surface area contributed by atoms with Crippen LogP contribution >= 0.6 is 11.6 Å². The van der Waals surface area contributed by atoms with E-state index in [4.69, 9.17) is 11.6 Å². The number of halogens is 4. The first-order valence-corrected chi connectivity index (χ1v) is 8.06. The van der Waals surface area contributed by atoms with Gasteiger partial charge in [-0.05, 0) is 19.4 Å². The number of amides is 1. The Bertz CT molecular complexity index is 591. The number of carbonyl (C=O) groups is 1. The molecule has 136 valence electrons. The summed E-state index contributed by atoms with van der Waals surface area (Å²) in [5, 5.41) is 14.5. The van der Waals surface area contributed by atoms with Crippen molar-refractivity contribution in [3.05, 3.63) is 16.4 Å². The molecule has 1 unspecified atom stereocenters. The predicted molar refractivity (Wildman–Crippen MR) is 81.9 cm³/mol. The molecule has 0 bridgehead atoms. The maximum Gasteiger partial charge on any atom is 0.436 e. The number of aryl methyl sites for hydroxylation is 1. The zero-order valence-corrected chi connectivity index (χ0v) is 14.0. The van der Waals surface area contributed by atoms with Gasteiger partial charge in [0.2, 0.25) is 0 Å². The maximum absolute atomic E-state index is 12.8. The Morgan fingerprint density at radius 1 is 1.46 bits per heavy atom. The molecular formula is C14H20ClF3N4O2. The summed E-state index contributed by atoms with van der Waals surface area (Å²) >= 11 is 5.67. The molecule has 0 aliphatic carbocycles. The second-order valence-electron chi connectivity index (χ2n) is 5.76. The maximum atomic E-state index is 12.8. The Morgan fingerprint density at radius 3 is 2.75 bits per heavy atom. The summed E-state index contributed by atoms with van der Waals surface area (Å²) in [6, 6.07) is 0.0628. The Balaban J connectivity index is 1.97. The minimum absolute atomic E-state index is 0.0520. The molecule has 1 fully saturated rings. The third-order valence-corrected chi connectivity index (χ3v) is 4.48. The standard InChI is InChI=1S/C14H20ClF3N4O2/c1-21-11(10(15)12(20-21)14(16,17)18)13(24)19-5-7-22-6-3-2-4-9(22)8-23/h9,23H,2-8H2,1H3,(H,19,24). The first-order valence-electron chi connectivity index (χ1n) is 7.68. The van der Waals surface area contributed by atoms with Crippen LogP contribution in [0.25, 0.3) is 0 Å². The average Bonchev–Trinajstić information content (AvgIpc) is 2.82. The van der Waals surface area contributed by atoms with E-state index in [-0.39, 0.29) is 24.9 Å². The van der Waals surface area contributed by atoms with Crippen molar-refractivity contribution in [1.29, 1.82) is 0 Å². The number of aromatic nitrogens is 2. The molecule has 1 aliphatic heterocycles. The number of hydrogen-bond acceptors (Lipinski definition) is 4. The highest BCUT2D eigenvalue weighted by molar-refractivity contribution is 6.34. The van der Waals surface area contributed by atoms with Gasteiger partial charge in [-0.15, -0.1) is 0 Å². The zero-order chi connectivity index (χ0) is 17.9. The van der Waals surface area contributed by atoms with Crippen molar-refractivity contribution in [2.24, 2.45) is 7.05 Å². The lowest BCUT2D eigenvalue weighted by atomic mass is 10.0. The van der Waals surface area contributed by atoms with E-state index in [0.29, 0.717) is 6.54 Å². The fourth-order valence-electron chi connectivity index (χ4n) is 2.88. The van der Waals surface area contributed by atoms with E-state index in [1.54, 1.807) is 0 Å². The van der Waals surface area contributed by atoms with Crippen molar-refractivity contribution in [3.8, 4) is 0 Å². The van der Waals surface area contributed by atoms with E-state index in [9.17, 15) is 23.1 Å². The van der Waals surface area contributed by atoms with E-state index in [0.717, 1.165) is 30.5 Å². The highest BCUT2D eigenvalue weighted by atomic mass is 35.5. The van der Waals surface area contributed by atoms with Gasteiger partial charge in [0.05, 0.1) is 6.61 Å². The third kappa shape index (κ3) is 4.20. The fourth-order valence-corrected chi connectivity index (χ4v) is 3.24. The van der Waals surface area contributed by atoms with Crippen LogP contribution in [0.4, 0.5) is 13.2 Å². The van der Waals surface area contributed by atoms with E-state index in [1.165, 1.54) is 7.05 Å². The molecule has 1 aliphatic rings. The summed E-state index contributed by atoms with van der Waals surface area (Å²) in [6.07, 6.45) is -1.74. The molecular weight excluding hydrogens is 349 g/mol. The van der Waals surface area contributed by atoms with E-state index in [2.05, 4.69) is 15.3 Å². The van der Waals surface area contributed by atoms with Crippen LogP contribution in [0.2, 0.25) is 5.02 Å². The van der Waals surface area contributed by atoms with Gasteiger partial charge >= 0.3 is 6.18 Å². The monoisotopic (exact) mass is 368 g/mol. The van der Waals surface area contributed by atoms with Gasteiger partial charge in [-0.1, -0.05) is 18.0 Å². The summed E-state index contributed by atoms with van der Waals surface area (Å²) in [7, 11) is 1.24. The smallest absolute Gasteiger partial charge is 0.395 e. The number of nitrogens with zero attached hydrogens (tertiary/aromatic N) is 3. The number of piperidine rings is 1. The van der Waals surface area contributed by atoms with Crippen molar-refractivity contribution >= 4 is 17.5 Å². The quantitative estimate of drug-likeness (QED) is 0.829. The molecule has 0 spiro atoms. The van der Waals surface area contributed by atoms with Gasteiger partial charge in [-0.25, -0.2) is 0 Å². The second kappa shape index (κ2) is 7.71. The molecule has 2 heterocycles. The number of hydrogen-bond donors (Lipinski definition) is 2. The van der Waals surface area contributed by atoms with Crippen LogP contribution in [-0.4, -0.2) is 58.0 Å². The van der Waals surface area contributed by atoms with Crippen molar-refractivity contribution in [3.63, 3.8) is 0 Å². The van der Waals surface area contributed by atoms with Crippen LogP contribution in [-0.2, 0) is 13.2 Å². The van der Waals surface area contributed by atoms with Gasteiger partial charge < -0.3 is 10.4 Å². The number of likely N-dealkylation sites (tertiary alicyclic amines) is 1. The largest absolute Gasteiger partial charge is 0.436 e. The molecule has 0 aromatic carbocycles. The van der Waals surface area contributed by atoms with Crippen LogP contribution in [0, 0.1) is 0 Å². The third-order valence-electron chi connectivity index (χ3n) is 4.12. The van der Waals surface area contributed by atoms with Crippen molar-refractivity contribution < 1.29 is 23.1 Å². The van der Waals surface area contributed by atoms with E-state index < -0.39 is 22.8 Å². The lowest BCUT2D eigenvalue weighted by Crippen LogP contribution is -2.45. The van der Waals surface area contributed by atoms with Crippen LogP contribution in [0.5, 0.6) is 0 Å². The SMILES string of the molecule is Cn1nc(C(F)(F)F)c(Cl)c1C(=O)NCCN1CCCCC1CO. The molecule has 1 aromatic rings. The lowest BCUT2D eigenvalue weighted by molar-refractivity contribution is -0.141. The zero-order valence-electron chi connectivity index (χ0n) is 13.2. The second-order valence-corrected chi connectivity index (χ2v) is 6.13. The summed E-state index contributed by atoms with van der Waals surface area (Å²) < 4.78 is 39.1. The van der Waals surface area contributed by atoms with Crippen LogP contribution in [0.15, 0.2) is 0 Å². The first-order chi connectivity index (χ1) is 11.3. The highest BCUT2D eigenvalue weighted by Crippen LogP contribution is 2.35. The number of aliphatic hydroxyl groups excluding tert-OH is 1. The summed E-state index contributed by atoms with van der Waals surface area (Å²) in [6.45, 7) is 1.64. The molecule has 6 nitrogen and oxygen atoms in total. The van der Waals surface area contributed by atoms with Crippen LogP contribution in [0.3, 0.4) is 0 Å². The Labute approximate surface area is 142 Å². The van der Waals surface area contributed by atoms with E-state index >= 15 is 0 Å². The van der Waals surface area contributed by atoms with Gasteiger partial charge in [-0.2, -0.15) is 18.3 Å². The molecule has 10 heteroatoms. The molecule has 0 saturated carbocycles. The first kappa shape index (κ1) is 19.0. The Hall–Kier alpha value is -1.32. The summed E-state index contributed by atoms with van der Waals surface area (Å²) in [4.78, 5) is 14.2. The van der Waals surface area contributed by atoms with Crippen molar-refractivity contribution in [1.82, 2.24) is 20.0 Å². The molecule has 1 atom stereocenters. The normalized spacial score (nSPS) is 19.5. The topological polar surface area (TPSA) is 70.4 Å². The number of aliphatic hydroxyl groups is 1. The number of alkyl halides is 3. The van der Waals surface area contributed by atoms with Gasteiger partial charge in [0, 0.05) is 26.2 Å². The predicted octanol–water partition coefficient (Wildman–Crippen LogP) is 1.67. The average molecular weight is 369 g/mol. The number of rotatable bonds is 5. The van der Waals surface area contributed by atoms with E-state index in [1.807, 2.05) is 0 Å². The molecule has 0 radical (unpaired) electrons. The molecule has 2 rings (SSSR count). The number of carbonyl (C=O) groups excluding carboxylic acids is 1. The van der Waals surface area contributed by atoms with Gasteiger partial charge in [0.15, 0.2) is 5.69 Å². The number of nitrogens with one attached hydrogen (secondary N) is 1. The van der Waals surface area contributed by atoms with Gasteiger partial charge in [0.25, 0.3) is 5.91 Å². The molecule has 2 N–H and O–H groups in total. The Kier molecular flexibility index (Phi) is 6.11. The van der Waals surface area contributed by atoms with Crippen LogP contribution in [0.1, 0.15) is 35.4 Å². The Morgan fingerprint density at radius 2 is 2.17 bits per heavy atom. The van der Waals surface area contributed by atoms with Gasteiger partial charge in [-0.3, -0.25) is 14.4 Å².